The summed E-state index contributed by atoms with van der Waals surface area (Å²) in [6.45, 7) is 3.67. The second-order valence-electron chi connectivity index (χ2n) is 4.91. The molecule has 24 heavy (non-hydrogen) atoms. The third-order valence-corrected chi connectivity index (χ3v) is 4.83. The van der Waals surface area contributed by atoms with Gasteiger partial charge in [0.2, 0.25) is 0 Å². The number of rotatable bonds is 9. The molecule has 1 atom stereocenters. The van der Waals surface area contributed by atoms with Crippen LogP contribution in [0.3, 0.4) is 0 Å². The van der Waals surface area contributed by atoms with E-state index in [-0.39, 0.29) is 19.0 Å². The average Bonchev–Trinajstić information content (AvgIpc) is 2.61. The largest absolute Gasteiger partial charge is 0.475 e. The monoisotopic (exact) mass is 348 g/mol. The molecule has 2 aromatic carbocycles. The van der Waals surface area contributed by atoms with Crippen LogP contribution < -0.4 is 0 Å². The van der Waals surface area contributed by atoms with Crippen LogP contribution in [0.2, 0.25) is 0 Å². The van der Waals surface area contributed by atoms with Crippen molar-refractivity contribution in [3.05, 3.63) is 71.8 Å². The lowest BCUT2D eigenvalue weighted by Crippen LogP contribution is -2.17. The Kier molecular flexibility index (Phi) is 6.88. The predicted octanol–water partition coefficient (Wildman–Crippen LogP) is 4.81. The summed E-state index contributed by atoms with van der Waals surface area (Å²) in [5.41, 5.74) is 1.05. The van der Waals surface area contributed by atoms with Gasteiger partial charge >= 0.3 is 7.82 Å². The zero-order valence-corrected chi connectivity index (χ0v) is 14.6. The van der Waals surface area contributed by atoms with Crippen LogP contribution in [0.25, 0.3) is 0 Å². The second kappa shape index (κ2) is 8.90. The highest BCUT2D eigenvalue weighted by Gasteiger charge is 2.35. The maximum absolute atomic E-state index is 12.9. The van der Waals surface area contributed by atoms with E-state index < -0.39 is 13.9 Å². The Bertz CT molecular complexity index is 677. The van der Waals surface area contributed by atoms with Gasteiger partial charge in [-0.15, -0.1) is 0 Å². The van der Waals surface area contributed by atoms with E-state index in [9.17, 15) is 9.36 Å². The van der Waals surface area contributed by atoms with E-state index in [1.54, 1.807) is 62.4 Å². The van der Waals surface area contributed by atoms with Gasteiger partial charge in [0.1, 0.15) is 0 Å². The summed E-state index contributed by atoms with van der Waals surface area (Å²) in [5.74, 6) is -0.304. The zero-order valence-electron chi connectivity index (χ0n) is 13.8. The smallest absolute Gasteiger partial charge is 0.291 e. The fraction of sp³-hybridized carbons (Fsp3) is 0.278. The lowest BCUT2D eigenvalue weighted by Gasteiger charge is -2.23. The minimum atomic E-state index is -3.84. The van der Waals surface area contributed by atoms with E-state index in [0.29, 0.717) is 11.1 Å². The Balaban J connectivity index is 2.37. The van der Waals surface area contributed by atoms with E-state index in [1.807, 2.05) is 12.1 Å². The molecule has 0 aliphatic carbocycles. The highest BCUT2D eigenvalue weighted by Crippen LogP contribution is 2.53. The van der Waals surface area contributed by atoms with Crippen molar-refractivity contribution in [3.63, 3.8) is 0 Å². The molecule has 2 rings (SSSR count). The molecule has 5 nitrogen and oxygen atoms in total. The summed E-state index contributed by atoms with van der Waals surface area (Å²) in [4.78, 5) is 12.9. The van der Waals surface area contributed by atoms with Crippen molar-refractivity contribution in [2.45, 2.75) is 20.0 Å². The number of Topliss-reactive ketones (excluding diaryl/α,β-unsaturated/α-hetero) is 1. The van der Waals surface area contributed by atoms with Crippen molar-refractivity contribution in [1.82, 2.24) is 0 Å². The topological polar surface area (TPSA) is 61.8 Å². The lowest BCUT2D eigenvalue weighted by molar-refractivity contribution is 0.0594. The standard InChI is InChI=1S/C18H21O5P/c1-3-21-24(20,22-4-2)23-18(16-13-9-6-10-14-16)17(19)15-11-7-5-8-12-15/h5-14,18H,3-4H2,1-2H3. The Morgan fingerprint density at radius 1 is 0.917 bits per heavy atom. The van der Waals surface area contributed by atoms with Crippen LogP contribution in [0.15, 0.2) is 60.7 Å². The molecule has 0 aliphatic rings. The van der Waals surface area contributed by atoms with Crippen LogP contribution in [0.5, 0.6) is 0 Å². The number of hydrogen-bond donors (Lipinski definition) is 0. The number of carbonyl (C=O) groups is 1. The van der Waals surface area contributed by atoms with Crippen LogP contribution in [0.1, 0.15) is 35.9 Å². The van der Waals surface area contributed by atoms with Gasteiger partial charge in [0.25, 0.3) is 0 Å². The van der Waals surface area contributed by atoms with Crippen molar-refractivity contribution in [2.75, 3.05) is 13.2 Å². The van der Waals surface area contributed by atoms with Crippen LogP contribution in [0.4, 0.5) is 0 Å². The normalized spacial score (nSPS) is 12.8. The fourth-order valence-corrected chi connectivity index (χ4v) is 3.49. The molecule has 2 aromatic rings. The predicted molar refractivity (Wildman–Crippen MR) is 91.9 cm³/mol. The first-order valence-electron chi connectivity index (χ1n) is 7.81. The number of ketones is 1. The number of carbonyl (C=O) groups excluding carboxylic acids is 1. The average molecular weight is 348 g/mol. The zero-order chi connectivity index (χ0) is 17.4. The van der Waals surface area contributed by atoms with Crippen molar-refractivity contribution in [2.24, 2.45) is 0 Å². The first-order valence-corrected chi connectivity index (χ1v) is 9.27. The second-order valence-corrected chi connectivity index (χ2v) is 6.53. The number of phosphoric acid groups is 1. The highest BCUT2D eigenvalue weighted by atomic mass is 31.2. The van der Waals surface area contributed by atoms with Crippen LogP contribution in [0, 0.1) is 0 Å². The number of phosphoric ester groups is 1. The molecule has 0 fully saturated rings. The first kappa shape index (κ1) is 18.6. The molecule has 0 amide bonds. The van der Waals surface area contributed by atoms with Gasteiger partial charge in [0, 0.05) is 5.56 Å². The SMILES string of the molecule is CCOP(=O)(OCC)OC(C(=O)c1ccccc1)c1ccccc1. The van der Waals surface area contributed by atoms with Crippen molar-refractivity contribution in [3.8, 4) is 0 Å². The van der Waals surface area contributed by atoms with Crippen LogP contribution in [-0.2, 0) is 18.1 Å². The molecule has 1 unspecified atom stereocenters. The molecule has 0 saturated heterocycles. The van der Waals surface area contributed by atoms with E-state index in [0.717, 1.165) is 0 Å². The Morgan fingerprint density at radius 2 is 1.42 bits per heavy atom. The van der Waals surface area contributed by atoms with Crippen molar-refractivity contribution < 1.29 is 22.9 Å². The Morgan fingerprint density at radius 3 is 1.92 bits per heavy atom. The Labute approximate surface area is 142 Å². The highest BCUT2D eigenvalue weighted by molar-refractivity contribution is 7.48. The molecular weight excluding hydrogens is 327 g/mol. The van der Waals surface area contributed by atoms with E-state index >= 15 is 0 Å². The van der Waals surface area contributed by atoms with Crippen LogP contribution >= 0.6 is 7.82 Å². The lowest BCUT2D eigenvalue weighted by atomic mass is 10.0. The number of hydrogen-bond acceptors (Lipinski definition) is 5. The van der Waals surface area contributed by atoms with Gasteiger partial charge in [-0.3, -0.25) is 18.4 Å². The quantitative estimate of drug-likeness (QED) is 0.481. The van der Waals surface area contributed by atoms with Gasteiger partial charge < -0.3 is 0 Å². The molecule has 0 saturated carbocycles. The third kappa shape index (κ3) is 4.86. The minimum absolute atomic E-state index is 0.151. The molecular formula is C18H21O5P. The summed E-state index contributed by atoms with van der Waals surface area (Å²) in [7, 11) is -3.84. The fourth-order valence-electron chi connectivity index (χ4n) is 2.19. The van der Waals surface area contributed by atoms with E-state index in [1.165, 1.54) is 0 Å². The van der Waals surface area contributed by atoms with E-state index in [2.05, 4.69) is 0 Å². The third-order valence-electron chi connectivity index (χ3n) is 3.21. The molecule has 6 heteroatoms. The van der Waals surface area contributed by atoms with Gasteiger partial charge in [-0.1, -0.05) is 60.7 Å². The molecule has 0 N–H and O–H groups in total. The maximum atomic E-state index is 12.9. The summed E-state index contributed by atoms with van der Waals surface area (Å²) in [6.07, 6.45) is -1.07. The molecule has 0 aromatic heterocycles. The summed E-state index contributed by atoms with van der Waals surface area (Å²) < 4.78 is 28.6. The van der Waals surface area contributed by atoms with Gasteiger partial charge in [0.05, 0.1) is 13.2 Å². The molecule has 0 radical (unpaired) electrons. The van der Waals surface area contributed by atoms with Crippen molar-refractivity contribution >= 4 is 13.6 Å². The van der Waals surface area contributed by atoms with Gasteiger partial charge in [-0.25, -0.2) is 4.57 Å². The molecule has 0 heterocycles. The van der Waals surface area contributed by atoms with Gasteiger partial charge in [-0.05, 0) is 19.4 Å². The maximum Gasteiger partial charge on any atom is 0.475 e. The van der Waals surface area contributed by atoms with Gasteiger partial charge in [-0.2, -0.15) is 0 Å². The molecule has 0 bridgehead atoms. The summed E-state index contributed by atoms with van der Waals surface area (Å²) in [6, 6.07) is 17.6. The molecule has 0 aliphatic heterocycles. The minimum Gasteiger partial charge on any atom is -0.291 e. The summed E-state index contributed by atoms with van der Waals surface area (Å²) >= 11 is 0. The van der Waals surface area contributed by atoms with Crippen molar-refractivity contribution in [1.29, 1.82) is 0 Å². The van der Waals surface area contributed by atoms with E-state index in [4.69, 9.17) is 13.6 Å². The number of benzene rings is 2. The van der Waals surface area contributed by atoms with Crippen LogP contribution in [-0.4, -0.2) is 19.0 Å². The summed E-state index contributed by atoms with van der Waals surface area (Å²) in [5, 5.41) is 0. The molecule has 128 valence electrons. The molecule has 0 spiro atoms. The first-order chi connectivity index (χ1) is 11.6. The Hall–Kier alpha value is -1.78. The van der Waals surface area contributed by atoms with Gasteiger partial charge in [0.15, 0.2) is 11.9 Å².